The molecule has 0 spiro atoms. The number of aryl methyl sites for hydroxylation is 1. The van der Waals surface area contributed by atoms with Crippen molar-refractivity contribution in [1.82, 2.24) is 19.7 Å². The van der Waals surface area contributed by atoms with E-state index in [9.17, 15) is 4.39 Å². The van der Waals surface area contributed by atoms with Gasteiger partial charge < -0.3 is 4.90 Å². The van der Waals surface area contributed by atoms with Crippen molar-refractivity contribution in [3.8, 4) is 0 Å². The van der Waals surface area contributed by atoms with Crippen LogP contribution in [0.1, 0.15) is 17.2 Å². The van der Waals surface area contributed by atoms with E-state index < -0.39 is 0 Å². The Labute approximate surface area is 106 Å². The van der Waals surface area contributed by atoms with Gasteiger partial charge in [-0.05, 0) is 38.7 Å². The van der Waals surface area contributed by atoms with Crippen LogP contribution in [-0.2, 0) is 13.1 Å². The van der Waals surface area contributed by atoms with E-state index in [0.717, 1.165) is 23.8 Å². The summed E-state index contributed by atoms with van der Waals surface area (Å²) in [5.41, 5.74) is 1.02. The highest BCUT2D eigenvalue weighted by Crippen LogP contribution is 2.08. The third kappa shape index (κ3) is 3.13. The standard InChI is InChI=1S/C13H17FN4/c1-10-15-13(9-17(2)3)18(16-10)8-11-4-6-12(14)7-5-11/h4-7H,8-9H2,1-3H3. The molecule has 1 aromatic heterocycles. The summed E-state index contributed by atoms with van der Waals surface area (Å²) in [5, 5.41) is 4.37. The van der Waals surface area contributed by atoms with Gasteiger partial charge in [-0.3, -0.25) is 0 Å². The number of hydrogen-bond donors (Lipinski definition) is 0. The fraction of sp³-hybridized carbons (Fsp3) is 0.385. The summed E-state index contributed by atoms with van der Waals surface area (Å²) in [6.07, 6.45) is 0. The Morgan fingerprint density at radius 2 is 1.89 bits per heavy atom. The summed E-state index contributed by atoms with van der Waals surface area (Å²) < 4.78 is 14.7. The van der Waals surface area contributed by atoms with E-state index in [1.165, 1.54) is 12.1 Å². The van der Waals surface area contributed by atoms with Gasteiger partial charge in [-0.1, -0.05) is 12.1 Å². The zero-order chi connectivity index (χ0) is 13.1. The van der Waals surface area contributed by atoms with Crippen LogP contribution in [0, 0.1) is 12.7 Å². The van der Waals surface area contributed by atoms with Gasteiger partial charge in [0, 0.05) is 0 Å². The average Bonchev–Trinajstić information content (AvgIpc) is 2.61. The fourth-order valence-electron chi connectivity index (χ4n) is 1.79. The first-order valence-electron chi connectivity index (χ1n) is 5.84. The van der Waals surface area contributed by atoms with Gasteiger partial charge in [-0.25, -0.2) is 14.1 Å². The Balaban J connectivity index is 2.20. The molecule has 0 unspecified atom stereocenters. The molecule has 2 aromatic rings. The molecule has 0 atom stereocenters. The molecule has 0 aliphatic rings. The highest BCUT2D eigenvalue weighted by Gasteiger charge is 2.08. The van der Waals surface area contributed by atoms with Crippen LogP contribution in [0.25, 0.3) is 0 Å². The van der Waals surface area contributed by atoms with E-state index in [1.54, 1.807) is 12.1 Å². The lowest BCUT2D eigenvalue weighted by molar-refractivity contribution is 0.378. The van der Waals surface area contributed by atoms with Crippen molar-refractivity contribution in [3.05, 3.63) is 47.3 Å². The van der Waals surface area contributed by atoms with Gasteiger partial charge in [0.25, 0.3) is 0 Å². The van der Waals surface area contributed by atoms with Crippen molar-refractivity contribution < 1.29 is 4.39 Å². The molecule has 0 amide bonds. The quantitative estimate of drug-likeness (QED) is 0.828. The number of rotatable bonds is 4. The predicted molar refractivity (Wildman–Crippen MR) is 67.7 cm³/mol. The molecule has 0 aliphatic carbocycles. The molecule has 0 radical (unpaired) electrons. The zero-order valence-electron chi connectivity index (χ0n) is 10.9. The average molecular weight is 248 g/mol. The summed E-state index contributed by atoms with van der Waals surface area (Å²) in [6.45, 7) is 3.23. The molecule has 0 saturated carbocycles. The van der Waals surface area contributed by atoms with E-state index in [-0.39, 0.29) is 5.82 Å². The van der Waals surface area contributed by atoms with Gasteiger partial charge in [0.05, 0.1) is 13.1 Å². The van der Waals surface area contributed by atoms with Crippen LogP contribution >= 0.6 is 0 Å². The Morgan fingerprint density at radius 3 is 2.50 bits per heavy atom. The second kappa shape index (κ2) is 5.27. The maximum absolute atomic E-state index is 12.8. The molecule has 1 aromatic carbocycles. The minimum atomic E-state index is -0.220. The minimum absolute atomic E-state index is 0.220. The summed E-state index contributed by atoms with van der Waals surface area (Å²) in [4.78, 5) is 6.45. The molecule has 0 fully saturated rings. The number of nitrogens with zero attached hydrogens (tertiary/aromatic N) is 4. The second-order valence-corrected chi connectivity index (χ2v) is 4.60. The molecular formula is C13H17FN4. The number of aromatic nitrogens is 3. The molecular weight excluding hydrogens is 231 g/mol. The third-order valence-corrected chi connectivity index (χ3v) is 2.56. The van der Waals surface area contributed by atoms with Crippen molar-refractivity contribution in [1.29, 1.82) is 0 Å². The highest BCUT2D eigenvalue weighted by atomic mass is 19.1. The van der Waals surface area contributed by atoms with Crippen LogP contribution in [0.2, 0.25) is 0 Å². The largest absolute Gasteiger partial charge is 0.302 e. The smallest absolute Gasteiger partial charge is 0.147 e. The van der Waals surface area contributed by atoms with Crippen molar-refractivity contribution >= 4 is 0 Å². The van der Waals surface area contributed by atoms with Crippen molar-refractivity contribution in [2.45, 2.75) is 20.0 Å². The molecule has 2 rings (SSSR count). The molecule has 0 aliphatic heterocycles. The molecule has 4 nitrogen and oxygen atoms in total. The third-order valence-electron chi connectivity index (χ3n) is 2.56. The van der Waals surface area contributed by atoms with E-state index >= 15 is 0 Å². The maximum Gasteiger partial charge on any atom is 0.147 e. The Kier molecular flexibility index (Phi) is 3.72. The molecule has 5 heteroatoms. The van der Waals surface area contributed by atoms with Crippen LogP contribution in [0.5, 0.6) is 0 Å². The molecule has 0 N–H and O–H groups in total. The summed E-state index contributed by atoms with van der Waals surface area (Å²) in [5.74, 6) is 1.46. The first-order chi connectivity index (χ1) is 8.54. The first kappa shape index (κ1) is 12.7. The molecule has 0 bridgehead atoms. The van der Waals surface area contributed by atoms with E-state index in [4.69, 9.17) is 0 Å². The fourth-order valence-corrected chi connectivity index (χ4v) is 1.79. The van der Waals surface area contributed by atoms with Crippen LogP contribution in [0.4, 0.5) is 4.39 Å². The van der Waals surface area contributed by atoms with Crippen LogP contribution in [0.15, 0.2) is 24.3 Å². The lowest BCUT2D eigenvalue weighted by Gasteiger charge is -2.10. The Hall–Kier alpha value is -1.75. The maximum atomic E-state index is 12.8. The van der Waals surface area contributed by atoms with Gasteiger partial charge in [0.1, 0.15) is 17.5 Å². The van der Waals surface area contributed by atoms with E-state index in [2.05, 4.69) is 10.1 Å². The predicted octanol–water partition coefficient (Wildman–Crippen LogP) is 1.84. The normalized spacial score (nSPS) is 11.2. The van der Waals surface area contributed by atoms with E-state index in [0.29, 0.717) is 6.54 Å². The monoisotopic (exact) mass is 248 g/mol. The minimum Gasteiger partial charge on any atom is -0.302 e. The van der Waals surface area contributed by atoms with Crippen LogP contribution < -0.4 is 0 Å². The molecule has 0 saturated heterocycles. The Bertz CT molecular complexity index is 516. The highest BCUT2D eigenvalue weighted by molar-refractivity contribution is 5.16. The molecule has 96 valence electrons. The zero-order valence-corrected chi connectivity index (χ0v) is 10.9. The van der Waals surface area contributed by atoms with Gasteiger partial charge in [0.2, 0.25) is 0 Å². The van der Waals surface area contributed by atoms with Crippen LogP contribution in [-0.4, -0.2) is 33.8 Å². The lowest BCUT2D eigenvalue weighted by Crippen LogP contribution is -2.16. The van der Waals surface area contributed by atoms with Crippen LogP contribution in [0.3, 0.4) is 0 Å². The first-order valence-corrected chi connectivity index (χ1v) is 5.84. The van der Waals surface area contributed by atoms with Crippen molar-refractivity contribution in [2.24, 2.45) is 0 Å². The molecule has 18 heavy (non-hydrogen) atoms. The number of hydrogen-bond acceptors (Lipinski definition) is 3. The second-order valence-electron chi connectivity index (χ2n) is 4.60. The topological polar surface area (TPSA) is 34.0 Å². The SMILES string of the molecule is Cc1nc(CN(C)C)n(Cc2ccc(F)cc2)n1. The lowest BCUT2D eigenvalue weighted by atomic mass is 10.2. The molecule has 1 heterocycles. The summed E-state index contributed by atoms with van der Waals surface area (Å²) in [6, 6.07) is 6.47. The van der Waals surface area contributed by atoms with Gasteiger partial charge in [-0.2, -0.15) is 5.10 Å². The van der Waals surface area contributed by atoms with Gasteiger partial charge in [-0.15, -0.1) is 0 Å². The summed E-state index contributed by atoms with van der Waals surface area (Å²) in [7, 11) is 3.98. The Morgan fingerprint density at radius 1 is 1.22 bits per heavy atom. The van der Waals surface area contributed by atoms with Crippen molar-refractivity contribution in [2.75, 3.05) is 14.1 Å². The van der Waals surface area contributed by atoms with Gasteiger partial charge >= 0.3 is 0 Å². The summed E-state index contributed by atoms with van der Waals surface area (Å²) >= 11 is 0. The van der Waals surface area contributed by atoms with Crippen molar-refractivity contribution in [3.63, 3.8) is 0 Å². The van der Waals surface area contributed by atoms with Gasteiger partial charge in [0.15, 0.2) is 0 Å². The number of halogens is 1. The van der Waals surface area contributed by atoms with E-state index in [1.807, 2.05) is 30.6 Å². The number of benzene rings is 1.